The van der Waals surface area contributed by atoms with E-state index >= 15 is 0 Å². The molecule has 226 valence electrons. The molecule has 5 atom stereocenters. The van der Waals surface area contributed by atoms with Gasteiger partial charge in [-0.1, -0.05) is 38.1 Å². The van der Waals surface area contributed by atoms with Gasteiger partial charge in [0.2, 0.25) is 0 Å². The molecule has 2 saturated heterocycles. The second-order valence-electron chi connectivity index (χ2n) is 12.7. The number of epoxide rings is 1. The van der Waals surface area contributed by atoms with Crippen LogP contribution in [0, 0.1) is 11.8 Å². The molecule has 6 heteroatoms. The molecule has 0 radical (unpaired) electrons. The van der Waals surface area contributed by atoms with Crippen molar-refractivity contribution in [2.24, 2.45) is 11.8 Å². The van der Waals surface area contributed by atoms with E-state index in [0.717, 1.165) is 70.2 Å². The van der Waals surface area contributed by atoms with Gasteiger partial charge < -0.3 is 28.4 Å². The molecule has 2 aromatic carbocycles. The maximum atomic E-state index is 5.98. The van der Waals surface area contributed by atoms with E-state index in [4.69, 9.17) is 28.4 Å². The van der Waals surface area contributed by atoms with Crippen molar-refractivity contribution in [1.82, 2.24) is 0 Å². The zero-order valence-corrected chi connectivity index (χ0v) is 25.4. The van der Waals surface area contributed by atoms with Crippen LogP contribution in [0.25, 0.3) is 0 Å². The van der Waals surface area contributed by atoms with Crippen LogP contribution in [0.1, 0.15) is 76.8 Å². The van der Waals surface area contributed by atoms with Crippen LogP contribution < -0.4 is 9.47 Å². The van der Waals surface area contributed by atoms with Gasteiger partial charge in [0, 0.05) is 51.3 Å². The molecule has 5 rings (SSSR count). The molecule has 6 nitrogen and oxygen atoms in total. The van der Waals surface area contributed by atoms with Gasteiger partial charge in [0.25, 0.3) is 0 Å². The third kappa shape index (κ3) is 9.18. The van der Waals surface area contributed by atoms with Crippen LogP contribution in [0.15, 0.2) is 48.5 Å². The molecule has 2 aliphatic heterocycles. The van der Waals surface area contributed by atoms with Gasteiger partial charge in [-0.05, 0) is 86.3 Å². The highest BCUT2D eigenvalue weighted by molar-refractivity contribution is 5.41. The van der Waals surface area contributed by atoms with E-state index in [1.807, 2.05) is 0 Å². The van der Waals surface area contributed by atoms with Crippen LogP contribution in [0.4, 0.5) is 0 Å². The Morgan fingerprint density at radius 3 is 1.78 bits per heavy atom. The molecular weight excluding hydrogens is 516 g/mol. The fourth-order valence-electron chi connectivity index (χ4n) is 6.19. The Hall–Kier alpha value is -2.12. The number of ether oxygens (including phenoxy) is 6. The van der Waals surface area contributed by atoms with Crippen molar-refractivity contribution >= 4 is 0 Å². The van der Waals surface area contributed by atoms with Crippen LogP contribution in [0.2, 0.25) is 0 Å². The number of hydrogen-bond donors (Lipinski definition) is 0. The average molecular weight is 567 g/mol. The number of rotatable bonds is 16. The molecule has 3 fully saturated rings. The number of hydrogen-bond acceptors (Lipinski definition) is 6. The molecule has 0 bridgehead atoms. The molecule has 0 aromatic heterocycles. The van der Waals surface area contributed by atoms with Crippen molar-refractivity contribution < 1.29 is 28.4 Å². The molecule has 1 saturated carbocycles. The first kappa shape index (κ1) is 30.3. The lowest BCUT2D eigenvalue weighted by Crippen LogP contribution is -2.26. The second kappa shape index (κ2) is 14.9. The van der Waals surface area contributed by atoms with Crippen LogP contribution >= 0.6 is 0 Å². The van der Waals surface area contributed by atoms with E-state index in [1.54, 1.807) is 0 Å². The van der Waals surface area contributed by atoms with Crippen molar-refractivity contribution in [3.05, 3.63) is 59.7 Å². The Balaban J connectivity index is 0.959. The summed E-state index contributed by atoms with van der Waals surface area (Å²) in [5.74, 6) is 3.10. The molecule has 2 heterocycles. The summed E-state index contributed by atoms with van der Waals surface area (Å²) in [5.41, 5.74) is 2.39. The third-order valence-corrected chi connectivity index (χ3v) is 8.97. The lowest BCUT2D eigenvalue weighted by atomic mass is 9.78. The van der Waals surface area contributed by atoms with Gasteiger partial charge >= 0.3 is 0 Å². The third-order valence-electron chi connectivity index (χ3n) is 8.97. The molecule has 3 aliphatic rings. The predicted molar refractivity (Wildman–Crippen MR) is 161 cm³/mol. The van der Waals surface area contributed by atoms with Gasteiger partial charge in [0.1, 0.15) is 11.5 Å². The van der Waals surface area contributed by atoms with Crippen molar-refractivity contribution in [3.63, 3.8) is 0 Å². The maximum Gasteiger partial charge on any atom is 0.119 e. The molecule has 41 heavy (non-hydrogen) atoms. The summed E-state index contributed by atoms with van der Waals surface area (Å²) in [5, 5.41) is 0. The summed E-state index contributed by atoms with van der Waals surface area (Å²) < 4.78 is 35.0. The first-order chi connectivity index (χ1) is 20.0. The molecule has 0 amide bonds. The normalized spacial score (nSPS) is 25.9. The minimum Gasteiger partial charge on any atom is -0.494 e. The monoisotopic (exact) mass is 566 g/mol. The van der Waals surface area contributed by atoms with E-state index < -0.39 is 0 Å². The lowest BCUT2D eigenvalue weighted by molar-refractivity contribution is -0.0243. The Morgan fingerprint density at radius 1 is 0.683 bits per heavy atom. The quantitative estimate of drug-likeness (QED) is 0.162. The summed E-state index contributed by atoms with van der Waals surface area (Å²) in [6, 6.07) is 17.0. The van der Waals surface area contributed by atoms with Gasteiger partial charge in [-0.25, -0.2) is 0 Å². The molecular formula is C35H50O6. The van der Waals surface area contributed by atoms with Gasteiger partial charge in [-0.15, -0.1) is 0 Å². The summed E-state index contributed by atoms with van der Waals surface area (Å²) in [4.78, 5) is 0. The summed E-state index contributed by atoms with van der Waals surface area (Å²) in [7, 11) is 0. The smallest absolute Gasteiger partial charge is 0.119 e. The van der Waals surface area contributed by atoms with Crippen molar-refractivity contribution in [1.29, 1.82) is 0 Å². The second-order valence-corrected chi connectivity index (χ2v) is 12.7. The van der Waals surface area contributed by atoms with E-state index in [0.29, 0.717) is 43.4 Å². The highest BCUT2D eigenvalue weighted by Gasteiger charge is 2.43. The highest BCUT2D eigenvalue weighted by Crippen LogP contribution is 2.39. The summed E-state index contributed by atoms with van der Waals surface area (Å²) in [6.07, 6.45) is 9.08. The minimum atomic E-state index is -0.120. The number of fused-ring (bicyclic) bond motifs is 1. The predicted octanol–water partition coefficient (Wildman–Crippen LogP) is 6.97. The lowest BCUT2D eigenvalue weighted by Gasteiger charge is -2.27. The van der Waals surface area contributed by atoms with Crippen LogP contribution in [-0.2, 0) is 24.4 Å². The van der Waals surface area contributed by atoms with Gasteiger partial charge in [-0.2, -0.15) is 0 Å². The highest BCUT2D eigenvalue weighted by atomic mass is 16.6. The fourth-order valence-corrected chi connectivity index (χ4v) is 6.19. The first-order valence-electron chi connectivity index (χ1n) is 15.9. The topological polar surface area (TPSA) is 58.7 Å². The molecule has 1 aliphatic carbocycles. The van der Waals surface area contributed by atoms with Gasteiger partial charge in [0.05, 0.1) is 31.5 Å². The Morgan fingerprint density at radius 2 is 1.24 bits per heavy atom. The van der Waals surface area contributed by atoms with E-state index in [2.05, 4.69) is 69.3 Å². The van der Waals surface area contributed by atoms with Crippen LogP contribution in [0.3, 0.4) is 0 Å². The standard InChI is InChI=1S/C35H50O6/c1-26-22-28(16-21-38-26)25-37-18-5-20-40-32-13-9-30(10-14-32)35(2,3)29-7-11-31(12-8-29)39-19-4-17-36-24-27-6-15-33-34(23-27)41-33/h7-14,26-28,33-34H,4-6,15-25H2,1-3H3. The van der Waals surface area contributed by atoms with E-state index in [1.165, 1.54) is 30.4 Å². The Labute approximate surface area is 247 Å². The van der Waals surface area contributed by atoms with Crippen LogP contribution in [0.5, 0.6) is 11.5 Å². The number of benzene rings is 2. The van der Waals surface area contributed by atoms with Crippen molar-refractivity contribution in [2.45, 2.75) is 89.4 Å². The van der Waals surface area contributed by atoms with Crippen molar-refractivity contribution in [3.8, 4) is 11.5 Å². The van der Waals surface area contributed by atoms with E-state index in [9.17, 15) is 0 Å². The van der Waals surface area contributed by atoms with Crippen LogP contribution in [-0.4, -0.2) is 64.6 Å². The molecule has 0 spiro atoms. The Kier molecular flexibility index (Phi) is 11.0. The maximum absolute atomic E-state index is 5.98. The first-order valence-corrected chi connectivity index (χ1v) is 15.9. The largest absolute Gasteiger partial charge is 0.494 e. The fraction of sp³-hybridized carbons (Fsp3) is 0.657. The van der Waals surface area contributed by atoms with E-state index in [-0.39, 0.29) is 5.41 Å². The molecule has 0 N–H and O–H groups in total. The minimum absolute atomic E-state index is 0.120. The molecule has 2 aromatic rings. The SMILES string of the molecule is CC1CC(COCCCOc2ccc(C(C)(C)c3ccc(OCCCOCC4CCC5OC5C4)cc3)cc2)CCO1. The zero-order valence-electron chi connectivity index (χ0n) is 25.4. The van der Waals surface area contributed by atoms with Gasteiger partial charge in [0.15, 0.2) is 0 Å². The average Bonchev–Trinajstić information content (AvgIpc) is 3.76. The zero-order chi connectivity index (χ0) is 28.5. The molecule has 5 unspecified atom stereocenters. The Bertz CT molecular complexity index is 972. The van der Waals surface area contributed by atoms with Crippen molar-refractivity contribution in [2.75, 3.05) is 46.2 Å². The summed E-state index contributed by atoms with van der Waals surface area (Å²) in [6.45, 7) is 12.0. The van der Waals surface area contributed by atoms with Gasteiger partial charge in [-0.3, -0.25) is 0 Å². The summed E-state index contributed by atoms with van der Waals surface area (Å²) >= 11 is 0.